The zero-order chi connectivity index (χ0) is 21.7. The summed E-state index contributed by atoms with van der Waals surface area (Å²) in [5, 5.41) is 1.02. The van der Waals surface area contributed by atoms with Crippen LogP contribution < -0.4 is 4.90 Å². The number of pyridine rings is 1. The summed E-state index contributed by atoms with van der Waals surface area (Å²) >= 11 is 18.5. The third-order valence-corrected chi connectivity index (χ3v) is 5.16. The molecule has 30 heavy (non-hydrogen) atoms. The summed E-state index contributed by atoms with van der Waals surface area (Å²) in [4.78, 5) is 30.7. The number of benzene rings is 2. The fourth-order valence-electron chi connectivity index (χ4n) is 2.78. The Morgan fingerprint density at radius 2 is 1.77 bits per heavy atom. The predicted octanol–water partition coefficient (Wildman–Crippen LogP) is 6.07. The Labute approximate surface area is 189 Å². The molecule has 1 heterocycles. The average Bonchev–Trinajstić information content (AvgIpc) is 2.73. The molecule has 0 aliphatic heterocycles. The first-order chi connectivity index (χ1) is 14.4. The number of anilines is 1. The number of nitrogens with zero attached hydrogens (tertiary/aromatic N) is 2. The molecule has 0 aliphatic rings. The lowest BCUT2D eigenvalue weighted by atomic mass is 10.1. The maximum Gasteiger partial charge on any atom is 0.338 e. The first-order valence-corrected chi connectivity index (χ1v) is 10.2. The number of halogens is 3. The van der Waals surface area contributed by atoms with Gasteiger partial charge in [-0.05, 0) is 61.0 Å². The van der Waals surface area contributed by atoms with Crippen LogP contribution in [0.5, 0.6) is 0 Å². The second kappa shape index (κ2) is 9.94. The van der Waals surface area contributed by atoms with Crippen LogP contribution in [-0.4, -0.2) is 23.5 Å². The monoisotopic (exact) mass is 462 g/mol. The number of esters is 1. The molecule has 5 nitrogen and oxygen atoms in total. The van der Waals surface area contributed by atoms with E-state index in [2.05, 4.69) is 4.98 Å². The van der Waals surface area contributed by atoms with Crippen molar-refractivity contribution >= 4 is 52.4 Å². The van der Waals surface area contributed by atoms with E-state index in [1.54, 1.807) is 61.5 Å². The Hall–Kier alpha value is -2.60. The smallest absolute Gasteiger partial charge is 0.338 e. The fraction of sp³-hybridized carbons (Fsp3) is 0.136. The van der Waals surface area contributed by atoms with Gasteiger partial charge in [-0.15, -0.1) is 0 Å². The van der Waals surface area contributed by atoms with E-state index in [1.807, 2.05) is 0 Å². The number of aromatic nitrogens is 1. The lowest BCUT2D eigenvalue weighted by Gasteiger charge is -2.24. The SMILES string of the molecule is CCOC(=O)c1ccc(N(Cc2ccc(Cl)cc2Cl)C(=O)c2cccnc2Cl)cc1. The summed E-state index contributed by atoms with van der Waals surface area (Å²) in [6.45, 7) is 2.18. The van der Waals surface area contributed by atoms with E-state index in [0.29, 0.717) is 26.9 Å². The summed E-state index contributed by atoms with van der Waals surface area (Å²) in [7, 11) is 0. The summed E-state index contributed by atoms with van der Waals surface area (Å²) < 4.78 is 5.01. The van der Waals surface area contributed by atoms with Gasteiger partial charge >= 0.3 is 5.97 Å². The zero-order valence-electron chi connectivity index (χ0n) is 15.9. The molecule has 3 aromatic rings. The maximum atomic E-state index is 13.3. The number of hydrogen-bond acceptors (Lipinski definition) is 4. The highest BCUT2D eigenvalue weighted by atomic mass is 35.5. The molecule has 0 unspecified atom stereocenters. The van der Waals surface area contributed by atoms with Crippen LogP contribution in [0.15, 0.2) is 60.8 Å². The molecule has 2 aromatic carbocycles. The van der Waals surface area contributed by atoms with Crippen molar-refractivity contribution in [2.24, 2.45) is 0 Å². The number of carbonyl (C=O) groups is 2. The fourth-order valence-corrected chi connectivity index (χ4v) is 3.45. The highest BCUT2D eigenvalue weighted by Crippen LogP contribution is 2.27. The van der Waals surface area contributed by atoms with Crippen molar-refractivity contribution in [3.63, 3.8) is 0 Å². The Morgan fingerprint density at radius 3 is 2.40 bits per heavy atom. The largest absolute Gasteiger partial charge is 0.462 e. The molecule has 3 rings (SSSR count). The van der Waals surface area contributed by atoms with Crippen LogP contribution >= 0.6 is 34.8 Å². The minimum atomic E-state index is -0.432. The Balaban J connectivity index is 1.99. The summed E-state index contributed by atoms with van der Waals surface area (Å²) in [6, 6.07) is 14.8. The standard InChI is InChI=1S/C22H17Cl3N2O3/c1-2-30-22(29)14-6-9-17(10-7-14)27(13-15-5-8-16(23)12-19(15)24)21(28)18-4-3-11-26-20(18)25/h3-12H,2,13H2,1H3. The van der Waals surface area contributed by atoms with Crippen molar-refractivity contribution in [3.05, 3.63) is 92.7 Å². The molecule has 1 aromatic heterocycles. The van der Waals surface area contributed by atoms with Gasteiger partial charge in [-0.1, -0.05) is 40.9 Å². The molecule has 0 N–H and O–H groups in total. The Bertz CT molecular complexity index is 1070. The van der Waals surface area contributed by atoms with E-state index >= 15 is 0 Å². The van der Waals surface area contributed by atoms with Crippen molar-refractivity contribution in [2.45, 2.75) is 13.5 Å². The van der Waals surface area contributed by atoms with Crippen molar-refractivity contribution in [3.8, 4) is 0 Å². The molecule has 0 saturated carbocycles. The molecule has 1 amide bonds. The van der Waals surface area contributed by atoms with Gasteiger partial charge in [0.25, 0.3) is 5.91 Å². The second-order valence-corrected chi connectivity index (χ2v) is 7.44. The van der Waals surface area contributed by atoms with E-state index < -0.39 is 5.97 Å². The van der Waals surface area contributed by atoms with Crippen molar-refractivity contribution < 1.29 is 14.3 Å². The van der Waals surface area contributed by atoms with Gasteiger partial charge in [0.05, 0.1) is 24.3 Å². The first-order valence-electron chi connectivity index (χ1n) is 9.04. The molecule has 154 valence electrons. The summed E-state index contributed by atoms with van der Waals surface area (Å²) in [5.41, 5.74) is 1.89. The molecular weight excluding hydrogens is 447 g/mol. The third-order valence-electron chi connectivity index (χ3n) is 4.27. The number of rotatable bonds is 6. The number of amides is 1. The van der Waals surface area contributed by atoms with E-state index in [0.717, 1.165) is 0 Å². The molecule has 8 heteroatoms. The van der Waals surface area contributed by atoms with E-state index in [-0.39, 0.29) is 29.8 Å². The molecule has 0 radical (unpaired) electrons. The Kier molecular flexibility index (Phi) is 7.32. The quantitative estimate of drug-likeness (QED) is 0.329. The second-order valence-electron chi connectivity index (χ2n) is 6.24. The van der Waals surface area contributed by atoms with Crippen LogP contribution in [0, 0.1) is 0 Å². The van der Waals surface area contributed by atoms with Crippen LogP contribution in [-0.2, 0) is 11.3 Å². The van der Waals surface area contributed by atoms with Gasteiger partial charge in [0.2, 0.25) is 0 Å². The van der Waals surface area contributed by atoms with E-state index in [9.17, 15) is 9.59 Å². The molecule has 0 saturated heterocycles. The number of carbonyl (C=O) groups excluding carboxylic acids is 2. The molecule has 0 bridgehead atoms. The van der Waals surface area contributed by atoms with Crippen LogP contribution in [0.25, 0.3) is 0 Å². The summed E-state index contributed by atoms with van der Waals surface area (Å²) in [5.74, 6) is -0.791. The van der Waals surface area contributed by atoms with Crippen molar-refractivity contribution in [1.82, 2.24) is 4.98 Å². The van der Waals surface area contributed by atoms with Gasteiger partial charge in [-0.3, -0.25) is 4.79 Å². The molecule has 0 spiro atoms. The van der Waals surface area contributed by atoms with Gasteiger partial charge < -0.3 is 9.64 Å². The highest BCUT2D eigenvalue weighted by Gasteiger charge is 2.22. The van der Waals surface area contributed by atoms with Gasteiger partial charge in [0, 0.05) is 21.9 Å². The summed E-state index contributed by atoms with van der Waals surface area (Å²) in [6.07, 6.45) is 1.51. The average molecular weight is 464 g/mol. The van der Waals surface area contributed by atoms with Gasteiger partial charge in [0.1, 0.15) is 5.15 Å². The highest BCUT2D eigenvalue weighted by molar-refractivity contribution is 6.35. The van der Waals surface area contributed by atoms with Crippen molar-refractivity contribution in [1.29, 1.82) is 0 Å². The minimum Gasteiger partial charge on any atom is -0.462 e. The third kappa shape index (κ3) is 5.11. The molecule has 0 atom stereocenters. The van der Waals surface area contributed by atoms with Gasteiger partial charge in [-0.2, -0.15) is 0 Å². The molecule has 0 aliphatic carbocycles. The Morgan fingerprint density at radius 1 is 1.03 bits per heavy atom. The lowest BCUT2D eigenvalue weighted by molar-refractivity contribution is 0.0526. The minimum absolute atomic E-state index is 0.0952. The predicted molar refractivity (Wildman–Crippen MR) is 119 cm³/mol. The number of ether oxygens (including phenoxy) is 1. The van der Waals surface area contributed by atoms with E-state index in [1.165, 1.54) is 11.1 Å². The normalized spacial score (nSPS) is 10.5. The molecular formula is C22H17Cl3N2O3. The van der Waals surface area contributed by atoms with Crippen molar-refractivity contribution in [2.75, 3.05) is 11.5 Å². The topological polar surface area (TPSA) is 59.5 Å². The van der Waals surface area contributed by atoms with Crippen LogP contribution in [0.3, 0.4) is 0 Å². The van der Waals surface area contributed by atoms with Gasteiger partial charge in [-0.25, -0.2) is 9.78 Å². The van der Waals surface area contributed by atoms with E-state index in [4.69, 9.17) is 39.5 Å². The lowest BCUT2D eigenvalue weighted by Crippen LogP contribution is -2.31. The molecule has 0 fully saturated rings. The van der Waals surface area contributed by atoms with Crippen LogP contribution in [0.4, 0.5) is 5.69 Å². The van der Waals surface area contributed by atoms with Crippen LogP contribution in [0.1, 0.15) is 33.2 Å². The van der Waals surface area contributed by atoms with Gasteiger partial charge in [0.15, 0.2) is 0 Å². The first kappa shape index (κ1) is 22.1. The zero-order valence-corrected chi connectivity index (χ0v) is 18.2. The number of hydrogen-bond donors (Lipinski definition) is 0. The van der Waals surface area contributed by atoms with Crippen LogP contribution in [0.2, 0.25) is 15.2 Å². The maximum absolute atomic E-state index is 13.3.